The third-order valence-corrected chi connectivity index (χ3v) is 7.22. The lowest BCUT2D eigenvalue weighted by Crippen LogP contribution is -2.44. The Morgan fingerprint density at radius 1 is 1.19 bits per heavy atom. The molecule has 2 saturated heterocycles. The largest absolute Gasteiger partial charge is 0.381 e. The number of carbonyl (C=O) groups excluding carboxylic acids is 2. The van der Waals surface area contributed by atoms with Crippen LogP contribution < -0.4 is 5.32 Å². The number of hydrogen-bond donors (Lipinski definition) is 1. The third kappa shape index (κ3) is 3.43. The van der Waals surface area contributed by atoms with Gasteiger partial charge in [0.1, 0.15) is 0 Å². The lowest BCUT2D eigenvalue weighted by atomic mass is 9.72. The van der Waals surface area contributed by atoms with Crippen LogP contribution in [0.25, 0.3) is 0 Å². The summed E-state index contributed by atoms with van der Waals surface area (Å²) in [6.45, 7) is 3.01. The van der Waals surface area contributed by atoms with Gasteiger partial charge in [0.15, 0.2) is 0 Å². The molecule has 0 unspecified atom stereocenters. The first kappa shape index (κ1) is 17.7. The second-order valence-corrected chi connectivity index (χ2v) is 8.97. The van der Waals surface area contributed by atoms with Crippen LogP contribution in [-0.4, -0.2) is 43.0 Å². The number of nitrogens with one attached hydrogen (secondary N) is 1. The normalized spacial score (nSPS) is 21.8. The van der Waals surface area contributed by atoms with Gasteiger partial charge in [-0.2, -0.15) is 0 Å². The van der Waals surface area contributed by atoms with Gasteiger partial charge in [0, 0.05) is 36.6 Å². The Morgan fingerprint density at radius 2 is 1.96 bits per heavy atom. The maximum atomic E-state index is 13.0. The number of rotatable bonds is 4. The summed E-state index contributed by atoms with van der Waals surface area (Å²) in [5, 5.41) is 7.02. The minimum Gasteiger partial charge on any atom is -0.381 e. The van der Waals surface area contributed by atoms with E-state index in [-0.39, 0.29) is 23.1 Å². The van der Waals surface area contributed by atoms with E-state index in [1.54, 1.807) is 11.3 Å². The zero-order valence-corrected chi connectivity index (χ0v) is 16.1. The highest BCUT2D eigenvalue weighted by Gasteiger charge is 2.51. The fourth-order valence-corrected chi connectivity index (χ4v) is 5.37. The average Bonchev–Trinajstić information content (AvgIpc) is 3.41. The summed E-state index contributed by atoms with van der Waals surface area (Å²) in [6, 6.07) is 7.76. The zero-order valence-electron chi connectivity index (χ0n) is 14.5. The Hall–Kier alpha value is -1.70. The number of nitrogens with zero attached hydrogens (tertiary/aromatic N) is 1. The Kier molecular flexibility index (Phi) is 5.11. The van der Waals surface area contributed by atoms with Crippen molar-refractivity contribution in [3.05, 3.63) is 44.8 Å². The standard InChI is InChI=1S/C19H22N2O3S2/c22-17(20-11-14-3-1-9-25-14)15-12-21(18(23)16-4-2-10-26-16)13-19(15)5-7-24-8-6-19/h1-4,9-10,15H,5-8,11-13H2,(H,20,22)/t15-/m0/s1. The van der Waals surface area contributed by atoms with Crippen molar-refractivity contribution in [2.45, 2.75) is 19.4 Å². The average molecular weight is 391 g/mol. The predicted molar refractivity (Wildman–Crippen MR) is 102 cm³/mol. The Bertz CT molecular complexity index is 752. The summed E-state index contributed by atoms with van der Waals surface area (Å²) in [6.07, 6.45) is 1.66. The van der Waals surface area contributed by atoms with Gasteiger partial charge in [0.05, 0.1) is 17.3 Å². The van der Waals surface area contributed by atoms with Crippen LogP contribution in [0.5, 0.6) is 0 Å². The van der Waals surface area contributed by atoms with Gasteiger partial charge in [-0.3, -0.25) is 9.59 Å². The number of amides is 2. The molecule has 138 valence electrons. The van der Waals surface area contributed by atoms with Gasteiger partial charge in [0.25, 0.3) is 5.91 Å². The maximum absolute atomic E-state index is 13.0. The molecule has 0 bridgehead atoms. The van der Waals surface area contributed by atoms with Crippen LogP contribution in [0.2, 0.25) is 0 Å². The van der Waals surface area contributed by atoms with Crippen molar-refractivity contribution < 1.29 is 14.3 Å². The minimum atomic E-state index is -0.171. The van der Waals surface area contributed by atoms with E-state index in [9.17, 15) is 9.59 Å². The fraction of sp³-hybridized carbons (Fsp3) is 0.474. The molecule has 7 heteroatoms. The van der Waals surface area contributed by atoms with E-state index < -0.39 is 0 Å². The van der Waals surface area contributed by atoms with E-state index in [4.69, 9.17) is 4.74 Å². The van der Waals surface area contributed by atoms with Crippen molar-refractivity contribution in [1.29, 1.82) is 0 Å². The number of thiophene rings is 2. The van der Waals surface area contributed by atoms with Crippen molar-refractivity contribution in [2.24, 2.45) is 11.3 Å². The fourth-order valence-electron chi connectivity index (χ4n) is 4.04. The molecule has 4 heterocycles. The molecule has 1 atom stereocenters. The summed E-state index contributed by atoms with van der Waals surface area (Å²) in [5.41, 5.74) is -0.162. The lowest BCUT2D eigenvalue weighted by Gasteiger charge is -2.37. The molecule has 1 N–H and O–H groups in total. The predicted octanol–water partition coefficient (Wildman–Crippen LogP) is 2.99. The molecule has 2 aromatic heterocycles. The number of ether oxygens (including phenoxy) is 1. The van der Waals surface area contributed by atoms with Crippen LogP contribution in [0.3, 0.4) is 0 Å². The number of likely N-dealkylation sites (tertiary alicyclic amines) is 1. The second kappa shape index (κ2) is 7.50. The molecule has 2 amide bonds. The van der Waals surface area contributed by atoms with Gasteiger partial charge < -0.3 is 15.0 Å². The number of hydrogen-bond acceptors (Lipinski definition) is 5. The first-order chi connectivity index (χ1) is 12.7. The SMILES string of the molecule is O=C(NCc1cccs1)[C@@H]1CN(C(=O)c2cccs2)CC12CCOCC2. The van der Waals surface area contributed by atoms with Crippen LogP contribution in [-0.2, 0) is 16.1 Å². The Balaban J connectivity index is 1.50. The summed E-state index contributed by atoms with van der Waals surface area (Å²) in [7, 11) is 0. The molecular weight excluding hydrogens is 368 g/mol. The van der Waals surface area contributed by atoms with Crippen LogP contribution in [0.1, 0.15) is 27.4 Å². The van der Waals surface area contributed by atoms with Crippen molar-refractivity contribution in [3.63, 3.8) is 0 Å². The summed E-state index contributed by atoms with van der Waals surface area (Å²) in [5.74, 6) is -0.0727. The Morgan fingerprint density at radius 3 is 2.65 bits per heavy atom. The van der Waals surface area contributed by atoms with Crippen molar-refractivity contribution in [3.8, 4) is 0 Å². The molecule has 5 nitrogen and oxygen atoms in total. The van der Waals surface area contributed by atoms with Crippen molar-refractivity contribution >= 4 is 34.5 Å². The van der Waals surface area contributed by atoms with Crippen LogP contribution in [0, 0.1) is 11.3 Å². The van der Waals surface area contributed by atoms with E-state index in [1.807, 2.05) is 39.9 Å². The number of carbonyl (C=O) groups is 2. The highest BCUT2D eigenvalue weighted by molar-refractivity contribution is 7.12. The molecule has 4 rings (SSSR count). The summed E-state index contributed by atoms with van der Waals surface area (Å²) in [4.78, 5) is 29.6. The van der Waals surface area contributed by atoms with Crippen LogP contribution in [0.4, 0.5) is 0 Å². The van der Waals surface area contributed by atoms with Crippen LogP contribution >= 0.6 is 22.7 Å². The molecule has 2 fully saturated rings. The van der Waals surface area contributed by atoms with Gasteiger partial charge in [0.2, 0.25) is 5.91 Å². The van der Waals surface area contributed by atoms with Gasteiger partial charge in [-0.05, 0) is 35.7 Å². The van der Waals surface area contributed by atoms with E-state index in [1.165, 1.54) is 11.3 Å². The molecule has 2 aliphatic rings. The first-order valence-corrected chi connectivity index (χ1v) is 10.6. The smallest absolute Gasteiger partial charge is 0.263 e. The second-order valence-electron chi connectivity index (χ2n) is 6.99. The monoisotopic (exact) mass is 390 g/mol. The summed E-state index contributed by atoms with van der Waals surface area (Å²) < 4.78 is 5.54. The van der Waals surface area contributed by atoms with E-state index in [2.05, 4.69) is 5.32 Å². The van der Waals surface area contributed by atoms with Crippen molar-refractivity contribution in [1.82, 2.24) is 10.2 Å². The van der Waals surface area contributed by atoms with E-state index >= 15 is 0 Å². The third-order valence-electron chi connectivity index (χ3n) is 5.49. The van der Waals surface area contributed by atoms with E-state index in [0.29, 0.717) is 32.8 Å². The van der Waals surface area contributed by atoms with Crippen molar-refractivity contribution in [2.75, 3.05) is 26.3 Å². The quantitative estimate of drug-likeness (QED) is 0.873. The highest BCUT2D eigenvalue weighted by atomic mass is 32.1. The highest BCUT2D eigenvalue weighted by Crippen LogP contribution is 2.45. The molecule has 1 spiro atoms. The first-order valence-electron chi connectivity index (χ1n) is 8.89. The Labute approximate surface area is 161 Å². The molecule has 2 aromatic rings. The van der Waals surface area contributed by atoms with Gasteiger partial charge in [-0.1, -0.05) is 12.1 Å². The van der Waals surface area contributed by atoms with Gasteiger partial charge >= 0.3 is 0 Å². The zero-order chi connectivity index (χ0) is 18.0. The molecule has 0 saturated carbocycles. The molecule has 0 aliphatic carbocycles. The molecule has 2 aliphatic heterocycles. The summed E-state index contributed by atoms with van der Waals surface area (Å²) >= 11 is 3.10. The topological polar surface area (TPSA) is 58.6 Å². The van der Waals surface area contributed by atoms with E-state index in [0.717, 1.165) is 22.6 Å². The maximum Gasteiger partial charge on any atom is 0.263 e. The minimum absolute atomic E-state index is 0.0411. The lowest BCUT2D eigenvalue weighted by molar-refractivity contribution is -0.130. The molecule has 0 radical (unpaired) electrons. The molecule has 26 heavy (non-hydrogen) atoms. The molecular formula is C19H22N2O3S2. The van der Waals surface area contributed by atoms with Gasteiger partial charge in [-0.25, -0.2) is 0 Å². The van der Waals surface area contributed by atoms with Crippen LogP contribution in [0.15, 0.2) is 35.0 Å². The van der Waals surface area contributed by atoms with Gasteiger partial charge in [-0.15, -0.1) is 22.7 Å². The molecule has 0 aromatic carbocycles.